The quantitative estimate of drug-likeness (QED) is 0.107. The van der Waals surface area contributed by atoms with Gasteiger partial charge in [-0.25, -0.2) is 10.3 Å². The molecule has 0 aliphatic carbocycles. The molecule has 0 spiro atoms. The van der Waals surface area contributed by atoms with Crippen LogP contribution < -0.4 is 10.8 Å². The van der Waals surface area contributed by atoms with Gasteiger partial charge in [-0.15, -0.1) is 11.8 Å². The number of phenolic OH excluding ortho intramolecular Hbond substituents is 1. The van der Waals surface area contributed by atoms with Crippen LogP contribution in [0.5, 0.6) is 5.75 Å². The van der Waals surface area contributed by atoms with Gasteiger partial charge in [-0.3, -0.25) is 15.3 Å². The maximum atomic E-state index is 12.6. The molecule has 2 aromatic rings. The summed E-state index contributed by atoms with van der Waals surface area (Å²) in [5.74, 6) is -0.720. The molecule has 0 aromatic heterocycles. The van der Waals surface area contributed by atoms with Gasteiger partial charge < -0.3 is 9.84 Å². The molecule has 0 fully saturated rings. The molecule has 0 aliphatic heterocycles. The summed E-state index contributed by atoms with van der Waals surface area (Å²) in [5, 5.41) is 21.6. The fraction of sp³-hybridized carbons (Fsp3) is 0.273. The van der Waals surface area contributed by atoms with Crippen LogP contribution in [0.25, 0.3) is 0 Å². The summed E-state index contributed by atoms with van der Waals surface area (Å²) in [6, 6.07) is 12.5. The van der Waals surface area contributed by atoms with Gasteiger partial charge in [0, 0.05) is 25.8 Å². The first-order valence-electron chi connectivity index (χ1n) is 9.54. The number of anilines is 1. The van der Waals surface area contributed by atoms with Crippen LogP contribution in [-0.4, -0.2) is 28.6 Å². The lowest BCUT2D eigenvalue weighted by Gasteiger charge is -2.25. The number of rotatable bonds is 9. The Morgan fingerprint density at radius 1 is 1.23 bits per heavy atom. The Labute approximate surface area is 199 Å². The Bertz CT molecular complexity index is 921. The van der Waals surface area contributed by atoms with Crippen molar-refractivity contribution in [2.24, 2.45) is 5.92 Å². The van der Waals surface area contributed by atoms with E-state index in [1.807, 2.05) is 25.3 Å². The minimum atomic E-state index is -0.694. The second-order valence-electron chi connectivity index (χ2n) is 6.82. The summed E-state index contributed by atoms with van der Waals surface area (Å²) in [6.45, 7) is 1.91. The standard InChI is InChI=1S/C22H25IN2O5S/c1-14(5-3-4-6-20(27)25-29)21(18-13-15(23)7-12-19(18)26)30-22(28)24-16-8-10-17(31-2)11-9-16/h4,6-14,21,26,29H,3,5H2,1-2H3,(H,24,28)(H,25,27)/b6-4+/t14-,21+/m0/s1. The lowest BCUT2D eigenvalue weighted by atomic mass is 9.92. The van der Waals surface area contributed by atoms with Gasteiger partial charge in [0.1, 0.15) is 11.9 Å². The summed E-state index contributed by atoms with van der Waals surface area (Å²) in [5.41, 5.74) is 2.66. The number of ether oxygens (including phenoxy) is 1. The third-order valence-corrected chi connectivity index (χ3v) is 5.97. The Kier molecular flexibility index (Phi) is 10.2. The van der Waals surface area contributed by atoms with Crippen molar-refractivity contribution in [3.8, 4) is 5.75 Å². The number of nitrogens with one attached hydrogen (secondary N) is 2. The van der Waals surface area contributed by atoms with Crippen LogP contribution in [0.3, 0.4) is 0 Å². The molecule has 7 nitrogen and oxygen atoms in total. The van der Waals surface area contributed by atoms with E-state index in [1.165, 1.54) is 11.6 Å². The van der Waals surface area contributed by atoms with Crippen molar-refractivity contribution in [1.82, 2.24) is 5.48 Å². The van der Waals surface area contributed by atoms with Gasteiger partial charge in [0.2, 0.25) is 0 Å². The van der Waals surface area contributed by atoms with Gasteiger partial charge in [0.05, 0.1) is 0 Å². The highest BCUT2D eigenvalue weighted by Crippen LogP contribution is 2.36. The van der Waals surface area contributed by atoms with Gasteiger partial charge in [-0.05, 0) is 90.1 Å². The minimum absolute atomic E-state index is 0.0459. The van der Waals surface area contributed by atoms with E-state index in [4.69, 9.17) is 9.94 Å². The Morgan fingerprint density at radius 2 is 1.94 bits per heavy atom. The van der Waals surface area contributed by atoms with E-state index in [1.54, 1.807) is 48.2 Å². The number of amides is 2. The fourth-order valence-electron chi connectivity index (χ4n) is 2.91. The third-order valence-electron chi connectivity index (χ3n) is 4.55. The summed E-state index contributed by atoms with van der Waals surface area (Å²) < 4.78 is 6.63. The average molecular weight is 556 g/mol. The van der Waals surface area contributed by atoms with Gasteiger partial charge in [-0.1, -0.05) is 13.0 Å². The van der Waals surface area contributed by atoms with Crippen molar-refractivity contribution in [3.63, 3.8) is 0 Å². The highest BCUT2D eigenvalue weighted by molar-refractivity contribution is 14.1. The van der Waals surface area contributed by atoms with Crippen molar-refractivity contribution >= 4 is 52.0 Å². The molecule has 0 bridgehead atoms. The lowest BCUT2D eigenvalue weighted by molar-refractivity contribution is -0.124. The van der Waals surface area contributed by atoms with Gasteiger partial charge in [0.25, 0.3) is 5.91 Å². The van der Waals surface area contributed by atoms with Crippen LogP contribution in [0.1, 0.15) is 31.4 Å². The molecule has 0 unspecified atom stereocenters. The van der Waals surface area contributed by atoms with Crippen molar-refractivity contribution in [2.75, 3.05) is 11.6 Å². The van der Waals surface area contributed by atoms with E-state index >= 15 is 0 Å². The van der Waals surface area contributed by atoms with Crippen LogP contribution in [0.2, 0.25) is 0 Å². The number of allylic oxidation sites excluding steroid dienone is 1. The third kappa shape index (κ3) is 8.08. The molecule has 0 heterocycles. The van der Waals surface area contributed by atoms with Gasteiger partial charge >= 0.3 is 6.09 Å². The number of thioether (sulfide) groups is 1. The molecular weight excluding hydrogens is 531 g/mol. The van der Waals surface area contributed by atoms with Crippen LogP contribution >= 0.6 is 34.4 Å². The summed E-state index contributed by atoms with van der Waals surface area (Å²) in [6.07, 6.45) is 4.62. The summed E-state index contributed by atoms with van der Waals surface area (Å²) in [7, 11) is 0. The average Bonchev–Trinajstić information content (AvgIpc) is 2.77. The molecule has 2 rings (SSSR count). The first-order valence-corrected chi connectivity index (χ1v) is 11.8. The maximum absolute atomic E-state index is 12.6. The highest BCUT2D eigenvalue weighted by atomic mass is 127. The molecule has 0 saturated carbocycles. The van der Waals surface area contributed by atoms with Crippen LogP contribution in [-0.2, 0) is 9.53 Å². The number of hydrogen-bond donors (Lipinski definition) is 4. The number of phenols is 1. The second-order valence-corrected chi connectivity index (χ2v) is 8.94. The van der Waals surface area contributed by atoms with E-state index in [0.29, 0.717) is 24.1 Å². The number of carbonyl (C=O) groups is 2. The molecule has 166 valence electrons. The van der Waals surface area contributed by atoms with E-state index in [9.17, 15) is 14.7 Å². The predicted octanol–water partition coefficient (Wildman–Crippen LogP) is 5.49. The van der Waals surface area contributed by atoms with Crippen LogP contribution in [0.4, 0.5) is 10.5 Å². The number of carbonyl (C=O) groups excluding carboxylic acids is 2. The molecule has 2 atom stereocenters. The number of benzene rings is 2. The Hall–Kier alpha value is -2.24. The molecule has 31 heavy (non-hydrogen) atoms. The first-order chi connectivity index (χ1) is 14.8. The zero-order valence-electron chi connectivity index (χ0n) is 17.2. The van der Waals surface area contributed by atoms with Crippen molar-refractivity contribution in [1.29, 1.82) is 0 Å². The molecule has 0 saturated heterocycles. The second kappa shape index (κ2) is 12.6. The molecule has 2 aromatic carbocycles. The molecule has 4 N–H and O–H groups in total. The smallest absolute Gasteiger partial charge is 0.412 e. The predicted molar refractivity (Wildman–Crippen MR) is 129 cm³/mol. The zero-order chi connectivity index (χ0) is 22.8. The monoisotopic (exact) mass is 556 g/mol. The SMILES string of the molecule is CSc1ccc(NC(=O)O[C@@H](c2cc(I)ccc2O)[C@@H](C)CC/C=C/C(=O)NO)cc1. The zero-order valence-corrected chi connectivity index (χ0v) is 20.1. The van der Waals surface area contributed by atoms with E-state index in [-0.39, 0.29) is 11.7 Å². The first kappa shape index (κ1) is 25.0. The van der Waals surface area contributed by atoms with E-state index in [2.05, 4.69) is 27.9 Å². The molecule has 0 aliphatic rings. The maximum Gasteiger partial charge on any atom is 0.412 e. The van der Waals surface area contributed by atoms with Crippen molar-refractivity contribution in [2.45, 2.75) is 30.8 Å². The largest absolute Gasteiger partial charge is 0.508 e. The number of aromatic hydroxyl groups is 1. The lowest BCUT2D eigenvalue weighted by Crippen LogP contribution is -2.22. The normalized spacial score (nSPS) is 12.9. The van der Waals surface area contributed by atoms with Crippen molar-refractivity contribution < 1.29 is 24.6 Å². The molecule has 9 heteroatoms. The van der Waals surface area contributed by atoms with Crippen molar-refractivity contribution in [3.05, 3.63) is 63.8 Å². The van der Waals surface area contributed by atoms with Gasteiger partial charge in [0.15, 0.2) is 0 Å². The van der Waals surface area contributed by atoms with Crippen LogP contribution in [0, 0.1) is 9.49 Å². The number of hydroxylamine groups is 1. The van der Waals surface area contributed by atoms with Crippen LogP contribution in [0.15, 0.2) is 59.5 Å². The minimum Gasteiger partial charge on any atom is -0.508 e. The Morgan fingerprint density at radius 3 is 2.58 bits per heavy atom. The number of hydrogen-bond acceptors (Lipinski definition) is 6. The fourth-order valence-corrected chi connectivity index (χ4v) is 3.84. The number of halogens is 1. The van der Waals surface area contributed by atoms with E-state index in [0.717, 1.165) is 8.47 Å². The highest BCUT2D eigenvalue weighted by Gasteiger charge is 2.26. The topological polar surface area (TPSA) is 108 Å². The summed E-state index contributed by atoms with van der Waals surface area (Å²) >= 11 is 3.74. The van der Waals surface area contributed by atoms with Gasteiger partial charge in [-0.2, -0.15) is 0 Å². The molecule has 2 amide bonds. The molecular formula is C22H25IN2O5S. The Balaban J connectivity index is 2.14. The summed E-state index contributed by atoms with van der Waals surface area (Å²) in [4.78, 5) is 24.8. The van der Waals surface area contributed by atoms with E-state index < -0.39 is 18.1 Å². The molecule has 0 radical (unpaired) electrons.